The van der Waals surface area contributed by atoms with Crippen molar-refractivity contribution in [3.8, 4) is 0 Å². The average Bonchev–Trinajstić information content (AvgIpc) is 2.34. The first kappa shape index (κ1) is 13.7. The van der Waals surface area contributed by atoms with Crippen LogP contribution in [0.4, 0.5) is 4.39 Å². The van der Waals surface area contributed by atoms with Crippen LogP contribution in [0.25, 0.3) is 0 Å². The minimum atomic E-state index is -0.602. The highest BCUT2D eigenvalue weighted by molar-refractivity contribution is 5.32. The summed E-state index contributed by atoms with van der Waals surface area (Å²) in [6.07, 6.45) is 1.88. The third-order valence-electron chi connectivity index (χ3n) is 3.46. The van der Waals surface area contributed by atoms with Crippen LogP contribution in [0.3, 0.4) is 0 Å². The highest BCUT2D eigenvalue weighted by Crippen LogP contribution is 2.22. The van der Waals surface area contributed by atoms with Gasteiger partial charge in [0.05, 0.1) is 17.4 Å². The van der Waals surface area contributed by atoms with E-state index in [1.807, 2.05) is 6.92 Å². The molecule has 1 heterocycles. The van der Waals surface area contributed by atoms with Crippen molar-refractivity contribution >= 4 is 0 Å². The lowest BCUT2D eigenvalue weighted by Gasteiger charge is -2.24. The molecule has 1 atom stereocenters. The normalized spacial score (nSPS) is 14.2. The van der Waals surface area contributed by atoms with E-state index in [0.29, 0.717) is 12.1 Å². The van der Waals surface area contributed by atoms with Crippen LogP contribution in [-0.2, 0) is 12.0 Å². The van der Waals surface area contributed by atoms with Gasteiger partial charge in [0.15, 0.2) is 0 Å². The number of hydrogen-bond donors (Lipinski definition) is 1. The Morgan fingerprint density at radius 3 is 2.47 bits per heavy atom. The Morgan fingerprint density at radius 1 is 1.16 bits per heavy atom. The van der Waals surface area contributed by atoms with Gasteiger partial charge in [0, 0.05) is 0 Å². The van der Waals surface area contributed by atoms with Gasteiger partial charge in [-0.3, -0.25) is 4.98 Å². The van der Waals surface area contributed by atoms with E-state index in [0.717, 1.165) is 0 Å². The Morgan fingerprint density at radius 2 is 1.89 bits per heavy atom. The molecule has 0 saturated heterocycles. The van der Waals surface area contributed by atoms with Crippen molar-refractivity contribution < 1.29 is 4.39 Å². The lowest BCUT2D eigenvalue weighted by atomic mass is 9.89. The average molecular weight is 258 g/mol. The van der Waals surface area contributed by atoms with Gasteiger partial charge < -0.3 is 5.73 Å². The van der Waals surface area contributed by atoms with Crippen LogP contribution in [0, 0.1) is 19.7 Å². The van der Waals surface area contributed by atoms with Crippen molar-refractivity contribution in [3.05, 3.63) is 64.7 Å². The highest BCUT2D eigenvalue weighted by Gasteiger charge is 2.23. The molecule has 2 nitrogen and oxygen atoms in total. The molecule has 0 spiro atoms. The van der Waals surface area contributed by atoms with Crippen LogP contribution < -0.4 is 5.73 Å². The number of rotatable bonds is 3. The van der Waals surface area contributed by atoms with Crippen LogP contribution in [-0.4, -0.2) is 4.98 Å². The zero-order valence-corrected chi connectivity index (χ0v) is 11.6. The molecule has 19 heavy (non-hydrogen) atoms. The lowest BCUT2D eigenvalue weighted by molar-refractivity contribution is 0.472. The molecule has 0 bridgehead atoms. The summed E-state index contributed by atoms with van der Waals surface area (Å²) in [7, 11) is 0. The molecular formula is C16H19FN2. The van der Waals surface area contributed by atoms with E-state index in [1.165, 1.54) is 29.0 Å². The summed E-state index contributed by atoms with van der Waals surface area (Å²) in [6.45, 7) is 6.09. The van der Waals surface area contributed by atoms with Gasteiger partial charge in [0.1, 0.15) is 5.82 Å². The van der Waals surface area contributed by atoms with Gasteiger partial charge in [0.25, 0.3) is 0 Å². The fourth-order valence-electron chi connectivity index (χ4n) is 2.14. The number of benzene rings is 1. The summed E-state index contributed by atoms with van der Waals surface area (Å²) >= 11 is 0. The zero-order chi connectivity index (χ0) is 14.0. The number of pyridine rings is 1. The Balaban J connectivity index is 2.25. The quantitative estimate of drug-likeness (QED) is 0.917. The van der Waals surface area contributed by atoms with E-state index < -0.39 is 5.54 Å². The fourth-order valence-corrected chi connectivity index (χ4v) is 2.14. The van der Waals surface area contributed by atoms with Gasteiger partial charge in [-0.25, -0.2) is 4.39 Å². The number of halogens is 1. The molecule has 2 N–H and O–H groups in total. The first-order valence-electron chi connectivity index (χ1n) is 6.35. The van der Waals surface area contributed by atoms with Gasteiger partial charge in [-0.2, -0.15) is 0 Å². The number of aryl methyl sites for hydroxylation is 2. The Kier molecular flexibility index (Phi) is 3.67. The molecule has 0 aliphatic carbocycles. The van der Waals surface area contributed by atoms with E-state index in [9.17, 15) is 4.39 Å². The molecular weight excluding hydrogens is 239 g/mol. The Bertz CT molecular complexity index is 574. The fraction of sp³-hybridized carbons (Fsp3) is 0.312. The van der Waals surface area contributed by atoms with Crippen molar-refractivity contribution in [2.75, 3.05) is 0 Å². The van der Waals surface area contributed by atoms with Gasteiger partial charge >= 0.3 is 0 Å². The number of aromatic nitrogens is 1. The van der Waals surface area contributed by atoms with E-state index in [-0.39, 0.29) is 5.82 Å². The third-order valence-corrected chi connectivity index (χ3v) is 3.46. The summed E-state index contributed by atoms with van der Waals surface area (Å²) in [5, 5.41) is 0. The number of hydrogen-bond acceptors (Lipinski definition) is 2. The van der Waals surface area contributed by atoms with Crippen LogP contribution in [0.15, 0.2) is 36.5 Å². The number of nitrogens with two attached hydrogens (primary N) is 1. The summed E-state index contributed by atoms with van der Waals surface area (Å²) in [6, 6.07) is 9.37. The molecule has 100 valence electrons. The van der Waals surface area contributed by atoms with E-state index >= 15 is 0 Å². The van der Waals surface area contributed by atoms with Gasteiger partial charge in [0.2, 0.25) is 0 Å². The Hall–Kier alpha value is -1.74. The molecule has 1 aromatic heterocycles. The molecule has 2 rings (SSSR count). The Labute approximate surface area is 113 Å². The number of nitrogens with zero attached hydrogens (tertiary/aromatic N) is 1. The second-order valence-corrected chi connectivity index (χ2v) is 5.37. The maximum atomic E-state index is 12.9. The summed E-state index contributed by atoms with van der Waals surface area (Å²) in [4.78, 5) is 4.09. The van der Waals surface area contributed by atoms with Gasteiger partial charge in [-0.15, -0.1) is 0 Å². The molecule has 0 radical (unpaired) electrons. The van der Waals surface area contributed by atoms with Gasteiger partial charge in [-0.1, -0.05) is 18.2 Å². The largest absolute Gasteiger partial charge is 0.320 e. The molecule has 0 fully saturated rings. The minimum absolute atomic E-state index is 0.342. The minimum Gasteiger partial charge on any atom is -0.320 e. The molecule has 0 amide bonds. The first-order valence-corrected chi connectivity index (χ1v) is 6.35. The maximum absolute atomic E-state index is 12.9. The molecule has 0 aliphatic rings. The lowest BCUT2D eigenvalue weighted by Crippen LogP contribution is -2.36. The van der Waals surface area contributed by atoms with Crippen molar-refractivity contribution in [1.29, 1.82) is 0 Å². The van der Waals surface area contributed by atoms with E-state index in [4.69, 9.17) is 5.73 Å². The van der Waals surface area contributed by atoms with Crippen LogP contribution >= 0.6 is 0 Å². The predicted molar refractivity (Wildman–Crippen MR) is 75.4 cm³/mol. The predicted octanol–water partition coefficient (Wildman–Crippen LogP) is 3.25. The summed E-state index contributed by atoms with van der Waals surface area (Å²) < 4.78 is 12.9. The maximum Gasteiger partial charge on any atom is 0.141 e. The molecule has 2 aromatic rings. The molecule has 1 aromatic carbocycles. The highest BCUT2D eigenvalue weighted by atomic mass is 19.1. The standard InChI is InChI=1S/C16H19FN2/c1-11-4-5-13(8-12(11)2)9-16(3,18)15-7-6-14(17)10-19-15/h4-8,10H,9,18H2,1-3H3. The molecule has 1 unspecified atom stereocenters. The van der Waals surface area contributed by atoms with E-state index in [1.54, 1.807) is 6.07 Å². The molecule has 3 heteroatoms. The monoisotopic (exact) mass is 258 g/mol. The SMILES string of the molecule is Cc1ccc(CC(C)(N)c2ccc(F)cn2)cc1C. The van der Waals surface area contributed by atoms with Gasteiger partial charge in [-0.05, 0) is 56.0 Å². The van der Waals surface area contributed by atoms with Crippen LogP contribution in [0.5, 0.6) is 0 Å². The van der Waals surface area contributed by atoms with Crippen molar-refractivity contribution in [2.24, 2.45) is 5.73 Å². The van der Waals surface area contributed by atoms with Crippen LogP contribution in [0.1, 0.15) is 29.3 Å². The van der Waals surface area contributed by atoms with Crippen molar-refractivity contribution in [1.82, 2.24) is 4.98 Å². The van der Waals surface area contributed by atoms with Crippen molar-refractivity contribution in [2.45, 2.75) is 32.7 Å². The smallest absolute Gasteiger partial charge is 0.141 e. The van der Waals surface area contributed by atoms with E-state index in [2.05, 4.69) is 37.0 Å². The summed E-state index contributed by atoms with van der Waals surface area (Å²) in [5.41, 5.74) is 10.1. The topological polar surface area (TPSA) is 38.9 Å². The first-order chi connectivity index (χ1) is 8.88. The zero-order valence-electron chi connectivity index (χ0n) is 11.6. The summed E-state index contributed by atoms with van der Waals surface area (Å²) in [5.74, 6) is -0.342. The molecule has 0 saturated carbocycles. The molecule has 0 aliphatic heterocycles. The second-order valence-electron chi connectivity index (χ2n) is 5.37. The third kappa shape index (κ3) is 3.18. The van der Waals surface area contributed by atoms with Crippen molar-refractivity contribution in [3.63, 3.8) is 0 Å². The van der Waals surface area contributed by atoms with Crippen LogP contribution in [0.2, 0.25) is 0 Å². The second kappa shape index (κ2) is 5.10.